The van der Waals surface area contributed by atoms with Gasteiger partial charge in [-0.15, -0.1) is 0 Å². The smallest absolute Gasteiger partial charge is 0.493 e. The summed E-state index contributed by atoms with van der Waals surface area (Å²) < 4.78 is 35.1. The quantitative estimate of drug-likeness (QED) is 0.359. The first-order valence-electron chi connectivity index (χ1n) is 11.4. The Morgan fingerprint density at radius 1 is 1.06 bits per heavy atom. The van der Waals surface area contributed by atoms with Gasteiger partial charge >= 0.3 is 13.1 Å². The molecule has 8 heteroatoms. The van der Waals surface area contributed by atoms with E-state index in [0.29, 0.717) is 23.7 Å². The van der Waals surface area contributed by atoms with E-state index in [1.807, 2.05) is 58.0 Å². The minimum atomic E-state index is -0.566. The van der Waals surface area contributed by atoms with Crippen molar-refractivity contribution >= 4 is 29.5 Å². The second-order valence-electron chi connectivity index (χ2n) is 9.33. The van der Waals surface area contributed by atoms with Gasteiger partial charge in [-0.3, -0.25) is 4.79 Å². The molecule has 1 aliphatic rings. The van der Waals surface area contributed by atoms with E-state index in [9.17, 15) is 4.79 Å². The largest absolute Gasteiger partial charge is 0.498 e. The highest BCUT2D eigenvalue weighted by Crippen LogP contribution is 2.37. The molecule has 1 aromatic heterocycles. The van der Waals surface area contributed by atoms with Crippen molar-refractivity contribution in [2.75, 3.05) is 13.7 Å². The Kier molecular flexibility index (Phi) is 6.65. The van der Waals surface area contributed by atoms with Crippen LogP contribution in [0.4, 0.5) is 0 Å². The monoisotopic (exact) mass is 466 g/mol. The second kappa shape index (κ2) is 9.35. The summed E-state index contributed by atoms with van der Waals surface area (Å²) in [7, 11) is 1.01. The molecule has 1 fully saturated rings. The summed E-state index contributed by atoms with van der Waals surface area (Å²) in [5.74, 6) is 0.753. The predicted molar refractivity (Wildman–Crippen MR) is 130 cm³/mol. The van der Waals surface area contributed by atoms with Crippen LogP contribution in [0, 0.1) is 0 Å². The van der Waals surface area contributed by atoms with E-state index in [-0.39, 0.29) is 19.0 Å². The number of carbonyl (C=O) groups is 1. The van der Waals surface area contributed by atoms with E-state index >= 15 is 0 Å². The number of para-hydroxylation sites is 1. The molecule has 180 valence electrons. The lowest BCUT2D eigenvalue weighted by molar-refractivity contribution is -0.142. The maximum absolute atomic E-state index is 12.1. The number of benzene rings is 2. The highest BCUT2D eigenvalue weighted by molar-refractivity contribution is 6.64. The summed E-state index contributed by atoms with van der Waals surface area (Å²) in [5.41, 5.74) is 2.21. The number of furan rings is 1. The normalized spacial score (nSPS) is 16.6. The molecule has 1 aliphatic heterocycles. The fourth-order valence-corrected chi connectivity index (χ4v) is 3.95. The number of rotatable bonds is 8. The van der Waals surface area contributed by atoms with Gasteiger partial charge in [0.1, 0.15) is 12.2 Å². The van der Waals surface area contributed by atoms with Gasteiger partial charge in [0.05, 0.1) is 37.6 Å². The first-order chi connectivity index (χ1) is 16.1. The minimum Gasteiger partial charge on any atom is -0.493 e. The molecule has 0 spiro atoms. The molecule has 0 saturated carbocycles. The highest BCUT2D eigenvalue weighted by atomic mass is 16.7. The average Bonchev–Trinajstić information content (AvgIpc) is 3.33. The summed E-state index contributed by atoms with van der Waals surface area (Å²) in [6.07, 6.45) is 1.75. The Morgan fingerprint density at radius 2 is 1.79 bits per heavy atom. The van der Waals surface area contributed by atoms with Gasteiger partial charge in [0.25, 0.3) is 0 Å². The fraction of sp³-hybridized carbons (Fsp3) is 0.423. The van der Waals surface area contributed by atoms with E-state index in [4.69, 9.17) is 27.9 Å². The minimum absolute atomic E-state index is 0.0975. The van der Waals surface area contributed by atoms with Gasteiger partial charge in [-0.25, -0.2) is 0 Å². The van der Waals surface area contributed by atoms with Gasteiger partial charge in [0, 0.05) is 16.4 Å². The van der Waals surface area contributed by atoms with Crippen molar-refractivity contribution in [2.45, 2.75) is 58.8 Å². The molecule has 2 aromatic carbocycles. The summed E-state index contributed by atoms with van der Waals surface area (Å²) in [5, 5.41) is 0.928. The zero-order chi connectivity index (χ0) is 24.5. The second-order valence-corrected chi connectivity index (χ2v) is 9.33. The van der Waals surface area contributed by atoms with Crippen LogP contribution >= 0.6 is 0 Å². The van der Waals surface area contributed by atoms with Crippen LogP contribution in [0.2, 0.25) is 0 Å². The van der Waals surface area contributed by atoms with Gasteiger partial charge in [-0.2, -0.15) is 0 Å². The lowest BCUT2D eigenvalue weighted by Crippen LogP contribution is -2.41. The number of carbonyl (C=O) groups excluding carboxylic acids is 1. The third-order valence-electron chi connectivity index (χ3n) is 6.45. The zero-order valence-electron chi connectivity index (χ0n) is 20.6. The molecule has 0 N–H and O–H groups in total. The molecule has 7 nitrogen and oxygen atoms in total. The Bertz CT molecular complexity index is 1170. The molecule has 0 bridgehead atoms. The molecule has 2 heterocycles. The molecule has 4 rings (SSSR count). The number of methoxy groups -OCH3 is 1. The van der Waals surface area contributed by atoms with Gasteiger partial charge in [-0.1, -0.05) is 18.2 Å². The van der Waals surface area contributed by atoms with Crippen molar-refractivity contribution < 1.29 is 32.7 Å². The lowest BCUT2D eigenvalue weighted by Gasteiger charge is -2.32. The molecular formula is C26H31BO7. The van der Waals surface area contributed by atoms with E-state index in [0.717, 1.165) is 22.0 Å². The number of ether oxygens (including phenoxy) is 3. The van der Waals surface area contributed by atoms with Crippen molar-refractivity contribution in [3.8, 4) is 11.5 Å². The Hall–Kier alpha value is -2.97. The number of hydrogen-bond acceptors (Lipinski definition) is 7. The van der Waals surface area contributed by atoms with Crippen LogP contribution in [-0.4, -0.2) is 38.0 Å². The van der Waals surface area contributed by atoms with E-state index in [2.05, 4.69) is 0 Å². The molecule has 3 aromatic rings. The van der Waals surface area contributed by atoms with Crippen LogP contribution in [-0.2, 0) is 31.9 Å². The molecule has 1 saturated heterocycles. The Balaban J connectivity index is 1.63. The standard InChI is InChI=1S/C26H31BO7/c1-7-30-22(28)15-18-9-8-10-21(29-6)24(18)32-16-17-13-19-11-12-31-23(19)20(14-17)27-33-25(2,3)26(4,5)34-27/h8-14H,7,15-16H2,1-6H3. The summed E-state index contributed by atoms with van der Waals surface area (Å²) in [4.78, 5) is 12.1. The molecule has 0 unspecified atom stereocenters. The Morgan fingerprint density at radius 3 is 2.47 bits per heavy atom. The predicted octanol–water partition coefficient (Wildman–Crippen LogP) is 4.43. The van der Waals surface area contributed by atoms with Crippen LogP contribution in [0.1, 0.15) is 45.7 Å². The summed E-state index contributed by atoms with van der Waals surface area (Å²) >= 11 is 0. The van der Waals surface area contributed by atoms with Crippen LogP contribution in [0.3, 0.4) is 0 Å². The third kappa shape index (κ3) is 4.65. The maximum atomic E-state index is 12.1. The first-order valence-corrected chi connectivity index (χ1v) is 11.4. The van der Waals surface area contributed by atoms with Gasteiger partial charge in [0.2, 0.25) is 0 Å². The van der Waals surface area contributed by atoms with Gasteiger partial charge in [-0.05, 0) is 58.4 Å². The first kappa shape index (κ1) is 24.2. The Labute approximate surface area is 200 Å². The molecule has 0 amide bonds. The van der Waals surface area contributed by atoms with Crippen molar-refractivity contribution in [1.29, 1.82) is 0 Å². The van der Waals surface area contributed by atoms with Crippen molar-refractivity contribution in [1.82, 2.24) is 0 Å². The van der Waals surface area contributed by atoms with Crippen molar-refractivity contribution in [3.05, 3.63) is 53.8 Å². The summed E-state index contributed by atoms with van der Waals surface area (Å²) in [6, 6.07) is 11.4. The van der Waals surface area contributed by atoms with Crippen molar-refractivity contribution in [2.24, 2.45) is 0 Å². The molecular weight excluding hydrogens is 435 g/mol. The molecule has 0 atom stereocenters. The molecule has 34 heavy (non-hydrogen) atoms. The third-order valence-corrected chi connectivity index (χ3v) is 6.45. The number of esters is 1. The topological polar surface area (TPSA) is 76.4 Å². The van der Waals surface area contributed by atoms with Gasteiger partial charge < -0.3 is 27.9 Å². The van der Waals surface area contributed by atoms with Crippen LogP contribution in [0.25, 0.3) is 11.0 Å². The van der Waals surface area contributed by atoms with Crippen molar-refractivity contribution in [3.63, 3.8) is 0 Å². The fourth-order valence-electron chi connectivity index (χ4n) is 3.95. The van der Waals surface area contributed by atoms with E-state index < -0.39 is 18.3 Å². The highest BCUT2D eigenvalue weighted by Gasteiger charge is 2.52. The number of fused-ring (bicyclic) bond motifs is 1. The molecule has 0 aliphatic carbocycles. The molecule has 0 radical (unpaired) electrons. The van der Waals surface area contributed by atoms with Crippen LogP contribution in [0.15, 0.2) is 47.1 Å². The van der Waals surface area contributed by atoms with E-state index in [1.165, 1.54) is 0 Å². The summed E-state index contributed by atoms with van der Waals surface area (Å²) in [6.45, 7) is 10.4. The van der Waals surface area contributed by atoms with Gasteiger partial charge in [0.15, 0.2) is 11.5 Å². The zero-order valence-corrected chi connectivity index (χ0v) is 20.6. The number of hydrogen-bond donors (Lipinski definition) is 0. The lowest BCUT2D eigenvalue weighted by atomic mass is 9.77. The average molecular weight is 466 g/mol. The van der Waals surface area contributed by atoms with Crippen LogP contribution in [0.5, 0.6) is 11.5 Å². The van der Waals surface area contributed by atoms with E-state index in [1.54, 1.807) is 26.4 Å². The van der Waals surface area contributed by atoms with Crippen LogP contribution < -0.4 is 14.9 Å². The maximum Gasteiger partial charge on any atom is 0.498 e. The SMILES string of the molecule is CCOC(=O)Cc1cccc(OC)c1OCc1cc(B2OC(C)(C)C(C)(C)O2)c2occc2c1.